The van der Waals surface area contributed by atoms with Gasteiger partial charge in [-0.05, 0) is 36.6 Å². The summed E-state index contributed by atoms with van der Waals surface area (Å²) in [6.07, 6.45) is 2.55. The summed E-state index contributed by atoms with van der Waals surface area (Å²) in [5.74, 6) is 0.824. The number of rotatable bonds is 4. The molecule has 100 valence electrons. The van der Waals surface area contributed by atoms with E-state index < -0.39 is 0 Å². The molecule has 0 amide bonds. The van der Waals surface area contributed by atoms with Crippen molar-refractivity contribution in [3.8, 4) is 0 Å². The molecule has 0 spiro atoms. The molecule has 0 saturated carbocycles. The maximum Gasteiger partial charge on any atom is 0.0481 e. The molecule has 1 fully saturated rings. The van der Waals surface area contributed by atoms with Crippen LogP contribution in [0.5, 0.6) is 0 Å². The SMILES string of the molecule is CCC1CCN(C(CN)c2ccc(Cl)cc2Br)C1. The monoisotopic (exact) mass is 330 g/mol. The average molecular weight is 332 g/mol. The van der Waals surface area contributed by atoms with Gasteiger partial charge in [0.05, 0.1) is 0 Å². The fraction of sp³-hybridized carbons (Fsp3) is 0.571. The predicted octanol–water partition coefficient (Wildman–Crippen LogP) is 3.83. The van der Waals surface area contributed by atoms with Gasteiger partial charge in [-0.3, -0.25) is 4.90 Å². The Labute approximate surface area is 123 Å². The summed E-state index contributed by atoms with van der Waals surface area (Å²) >= 11 is 9.60. The van der Waals surface area contributed by atoms with E-state index in [2.05, 4.69) is 33.8 Å². The normalized spacial score (nSPS) is 22.3. The Morgan fingerprint density at radius 2 is 2.33 bits per heavy atom. The molecular formula is C14H20BrClN2. The summed E-state index contributed by atoms with van der Waals surface area (Å²) in [6, 6.07) is 6.28. The van der Waals surface area contributed by atoms with Gasteiger partial charge in [0.15, 0.2) is 0 Å². The van der Waals surface area contributed by atoms with Gasteiger partial charge in [0.25, 0.3) is 0 Å². The first-order chi connectivity index (χ1) is 8.65. The first kappa shape index (κ1) is 14.3. The number of benzene rings is 1. The molecule has 1 aliphatic rings. The topological polar surface area (TPSA) is 29.3 Å². The molecule has 1 aromatic rings. The highest BCUT2D eigenvalue weighted by Crippen LogP contribution is 2.33. The predicted molar refractivity (Wildman–Crippen MR) is 80.9 cm³/mol. The fourth-order valence-electron chi connectivity index (χ4n) is 2.72. The Hall–Kier alpha value is -0.0900. The lowest BCUT2D eigenvalue weighted by Crippen LogP contribution is -2.32. The van der Waals surface area contributed by atoms with E-state index in [1.807, 2.05) is 12.1 Å². The molecular weight excluding hydrogens is 312 g/mol. The molecule has 2 rings (SSSR count). The first-order valence-corrected chi connectivity index (χ1v) is 7.71. The Morgan fingerprint density at radius 1 is 1.56 bits per heavy atom. The van der Waals surface area contributed by atoms with Crippen LogP contribution in [0, 0.1) is 5.92 Å². The van der Waals surface area contributed by atoms with Gasteiger partial charge in [-0.25, -0.2) is 0 Å². The molecule has 2 N–H and O–H groups in total. The Balaban J connectivity index is 2.18. The fourth-order valence-corrected chi connectivity index (χ4v) is 3.67. The van der Waals surface area contributed by atoms with Crippen LogP contribution in [0.15, 0.2) is 22.7 Å². The van der Waals surface area contributed by atoms with Crippen molar-refractivity contribution in [2.24, 2.45) is 11.7 Å². The third-order valence-corrected chi connectivity index (χ3v) is 4.80. The molecule has 1 heterocycles. The molecule has 2 nitrogen and oxygen atoms in total. The van der Waals surface area contributed by atoms with Gasteiger partial charge >= 0.3 is 0 Å². The highest BCUT2D eigenvalue weighted by Gasteiger charge is 2.28. The average Bonchev–Trinajstić information content (AvgIpc) is 2.81. The minimum Gasteiger partial charge on any atom is -0.329 e. The van der Waals surface area contributed by atoms with Crippen LogP contribution in [0.25, 0.3) is 0 Å². The van der Waals surface area contributed by atoms with Gasteiger partial charge in [-0.2, -0.15) is 0 Å². The van der Waals surface area contributed by atoms with E-state index in [-0.39, 0.29) is 0 Å². The summed E-state index contributed by atoms with van der Waals surface area (Å²) in [7, 11) is 0. The second-order valence-corrected chi connectivity index (χ2v) is 6.27. The zero-order chi connectivity index (χ0) is 13.1. The largest absolute Gasteiger partial charge is 0.329 e. The molecule has 2 unspecified atom stereocenters. The third kappa shape index (κ3) is 3.08. The lowest BCUT2D eigenvalue weighted by Gasteiger charge is -2.28. The number of hydrogen-bond acceptors (Lipinski definition) is 2. The Kier molecular flexibility index (Phi) is 5.07. The van der Waals surface area contributed by atoms with Crippen molar-refractivity contribution in [1.29, 1.82) is 0 Å². The first-order valence-electron chi connectivity index (χ1n) is 6.54. The van der Waals surface area contributed by atoms with Crippen LogP contribution >= 0.6 is 27.5 Å². The quantitative estimate of drug-likeness (QED) is 0.908. The van der Waals surface area contributed by atoms with Crippen LogP contribution in [0.1, 0.15) is 31.4 Å². The number of nitrogens with zero attached hydrogens (tertiary/aromatic N) is 1. The molecule has 1 aromatic carbocycles. The van der Waals surface area contributed by atoms with Crippen molar-refractivity contribution >= 4 is 27.5 Å². The molecule has 0 aromatic heterocycles. The molecule has 1 aliphatic heterocycles. The Morgan fingerprint density at radius 3 is 2.89 bits per heavy atom. The van der Waals surface area contributed by atoms with Crippen molar-refractivity contribution in [2.75, 3.05) is 19.6 Å². The number of hydrogen-bond donors (Lipinski definition) is 1. The summed E-state index contributed by atoms with van der Waals surface area (Å²) in [5, 5.41) is 0.759. The van der Waals surface area contributed by atoms with E-state index in [1.54, 1.807) is 0 Å². The van der Waals surface area contributed by atoms with Gasteiger partial charge in [-0.1, -0.05) is 46.9 Å². The molecule has 0 radical (unpaired) electrons. The van der Waals surface area contributed by atoms with E-state index in [4.69, 9.17) is 17.3 Å². The maximum absolute atomic E-state index is 6.00. The lowest BCUT2D eigenvalue weighted by atomic mass is 10.0. The highest BCUT2D eigenvalue weighted by molar-refractivity contribution is 9.10. The number of likely N-dealkylation sites (tertiary alicyclic amines) is 1. The summed E-state index contributed by atoms with van der Waals surface area (Å²) in [4.78, 5) is 2.50. The number of nitrogens with two attached hydrogens (primary N) is 1. The smallest absolute Gasteiger partial charge is 0.0481 e. The second kappa shape index (κ2) is 6.38. The van der Waals surface area contributed by atoms with Gasteiger partial charge in [0.2, 0.25) is 0 Å². The molecule has 1 saturated heterocycles. The van der Waals surface area contributed by atoms with Crippen molar-refractivity contribution < 1.29 is 0 Å². The molecule has 18 heavy (non-hydrogen) atoms. The molecule has 2 atom stereocenters. The van der Waals surface area contributed by atoms with Crippen LogP contribution < -0.4 is 5.73 Å². The van der Waals surface area contributed by atoms with Crippen molar-refractivity contribution in [1.82, 2.24) is 4.90 Å². The van der Waals surface area contributed by atoms with Crippen LogP contribution in [0.3, 0.4) is 0 Å². The minimum absolute atomic E-state index is 0.299. The second-order valence-electron chi connectivity index (χ2n) is 4.98. The molecule has 4 heteroatoms. The number of halogens is 2. The highest BCUT2D eigenvalue weighted by atomic mass is 79.9. The molecule has 0 bridgehead atoms. The summed E-state index contributed by atoms with van der Waals surface area (Å²) < 4.78 is 1.06. The van der Waals surface area contributed by atoms with E-state index in [0.29, 0.717) is 12.6 Å². The van der Waals surface area contributed by atoms with Gasteiger partial charge in [0, 0.05) is 28.6 Å². The van der Waals surface area contributed by atoms with Gasteiger partial charge in [0.1, 0.15) is 0 Å². The van der Waals surface area contributed by atoms with Crippen LogP contribution in [0.2, 0.25) is 5.02 Å². The van der Waals surface area contributed by atoms with E-state index >= 15 is 0 Å². The summed E-state index contributed by atoms with van der Waals surface area (Å²) in [6.45, 7) is 5.23. The van der Waals surface area contributed by atoms with Crippen molar-refractivity contribution in [2.45, 2.75) is 25.8 Å². The van der Waals surface area contributed by atoms with E-state index in [0.717, 1.165) is 28.5 Å². The minimum atomic E-state index is 0.299. The standard InChI is InChI=1S/C14H20BrClN2/c1-2-10-5-6-18(9-10)14(8-17)12-4-3-11(16)7-13(12)15/h3-4,7,10,14H,2,5-6,8-9,17H2,1H3. The zero-order valence-electron chi connectivity index (χ0n) is 10.7. The molecule has 0 aliphatic carbocycles. The summed E-state index contributed by atoms with van der Waals surface area (Å²) in [5.41, 5.74) is 7.23. The maximum atomic E-state index is 6.00. The van der Waals surface area contributed by atoms with Gasteiger partial charge in [-0.15, -0.1) is 0 Å². The zero-order valence-corrected chi connectivity index (χ0v) is 13.0. The van der Waals surface area contributed by atoms with Crippen LogP contribution in [0.4, 0.5) is 0 Å². The van der Waals surface area contributed by atoms with Crippen molar-refractivity contribution in [3.63, 3.8) is 0 Å². The van der Waals surface area contributed by atoms with Gasteiger partial charge < -0.3 is 5.73 Å². The van der Waals surface area contributed by atoms with Crippen LogP contribution in [-0.4, -0.2) is 24.5 Å². The van der Waals surface area contributed by atoms with E-state index in [9.17, 15) is 0 Å². The van der Waals surface area contributed by atoms with E-state index in [1.165, 1.54) is 18.4 Å². The van der Waals surface area contributed by atoms with Crippen molar-refractivity contribution in [3.05, 3.63) is 33.3 Å². The lowest BCUT2D eigenvalue weighted by molar-refractivity contribution is 0.240. The van der Waals surface area contributed by atoms with Crippen LogP contribution in [-0.2, 0) is 0 Å². The Bertz CT molecular complexity index is 411. The third-order valence-electron chi connectivity index (χ3n) is 3.88.